The van der Waals surface area contributed by atoms with Crippen molar-refractivity contribution in [3.05, 3.63) is 41.5 Å². The summed E-state index contributed by atoms with van der Waals surface area (Å²) >= 11 is 0. The molecule has 1 saturated heterocycles. The van der Waals surface area contributed by atoms with Gasteiger partial charge in [-0.1, -0.05) is 6.07 Å². The van der Waals surface area contributed by atoms with Gasteiger partial charge in [-0.25, -0.2) is 0 Å². The fraction of sp³-hybridized carbons (Fsp3) is 0.381. The van der Waals surface area contributed by atoms with Crippen LogP contribution in [-0.2, 0) is 4.74 Å². The predicted octanol–water partition coefficient (Wildman–Crippen LogP) is -0.313. The van der Waals surface area contributed by atoms with Crippen molar-refractivity contribution < 1.29 is 54.8 Å². The zero-order valence-corrected chi connectivity index (χ0v) is 16.7. The highest BCUT2D eigenvalue weighted by molar-refractivity contribution is 6.05. The summed E-state index contributed by atoms with van der Waals surface area (Å²) in [6, 6.07) is 5.92. The van der Waals surface area contributed by atoms with E-state index in [0.29, 0.717) is 0 Å². The molecule has 0 aliphatic carbocycles. The molecule has 0 saturated carbocycles. The fourth-order valence-electron chi connectivity index (χ4n) is 3.68. The van der Waals surface area contributed by atoms with E-state index in [2.05, 4.69) is 0 Å². The minimum absolute atomic E-state index is 0.0856. The summed E-state index contributed by atoms with van der Waals surface area (Å²) < 4.78 is 16.6. The largest absolute Gasteiger partial charge is 0.507 e. The first-order valence-electron chi connectivity index (χ1n) is 9.72. The van der Waals surface area contributed by atoms with Gasteiger partial charge >= 0.3 is 0 Å². The van der Waals surface area contributed by atoms with Crippen LogP contribution in [0.15, 0.2) is 30.3 Å². The number of aliphatic hydroxyl groups excluding tert-OH is 4. The molecule has 1 fully saturated rings. The van der Waals surface area contributed by atoms with E-state index >= 15 is 0 Å². The Hall–Kier alpha value is -3.09. The normalized spacial score (nSPS) is 32.2. The molecule has 11 heteroatoms. The third-order valence-corrected chi connectivity index (χ3v) is 5.50. The van der Waals surface area contributed by atoms with Crippen LogP contribution < -0.4 is 9.47 Å². The molecule has 0 amide bonds. The predicted molar refractivity (Wildman–Crippen MR) is 105 cm³/mol. The number of ether oxygens (including phenoxy) is 3. The molecule has 2 aliphatic heterocycles. The van der Waals surface area contributed by atoms with Gasteiger partial charge in [0.1, 0.15) is 41.1 Å². The maximum atomic E-state index is 12.7. The molecule has 2 aromatic rings. The number of benzene rings is 2. The third kappa shape index (κ3) is 3.70. The lowest BCUT2D eigenvalue weighted by atomic mass is 9.92. The van der Waals surface area contributed by atoms with Gasteiger partial charge in [-0.2, -0.15) is 0 Å². The van der Waals surface area contributed by atoms with Crippen molar-refractivity contribution in [3.63, 3.8) is 0 Å². The Morgan fingerprint density at radius 2 is 1.59 bits per heavy atom. The first-order chi connectivity index (χ1) is 15.1. The van der Waals surface area contributed by atoms with E-state index in [-0.39, 0.29) is 22.6 Å². The number of ketones is 1. The van der Waals surface area contributed by atoms with Gasteiger partial charge in [-0.05, 0) is 24.6 Å². The van der Waals surface area contributed by atoms with Crippen LogP contribution in [0.2, 0.25) is 0 Å². The van der Waals surface area contributed by atoms with Crippen LogP contribution in [0.5, 0.6) is 28.7 Å². The van der Waals surface area contributed by atoms with E-state index in [1.807, 2.05) is 0 Å². The lowest BCUT2D eigenvalue weighted by molar-refractivity contribution is -0.268. The van der Waals surface area contributed by atoms with Gasteiger partial charge in [-0.3, -0.25) is 4.79 Å². The van der Waals surface area contributed by atoms with Crippen molar-refractivity contribution in [2.45, 2.75) is 49.8 Å². The molecule has 2 heterocycles. The van der Waals surface area contributed by atoms with Crippen molar-refractivity contribution in [2.75, 3.05) is 0 Å². The Morgan fingerprint density at radius 3 is 2.28 bits per heavy atom. The molecule has 32 heavy (non-hydrogen) atoms. The van der Waals surface area contributed by atoms with E-state index in [9.17, 15) is 40.5 Å². The van der Waals surface area contributed by atoms with Gasteiger partial charge in [0, 0.05) is 12.1 Å². The van der Waals surface area contributed by atoms with E-state index in [0.717, 1.165) is 12.1 Å². The molecule has 0 spiro atoms. The van der Waals surface area contributed by atoms with E-state index in [1.54, 1.807) is 0 Å². The molecule has 172 valence electrons. The van der Waals surface area contributed by atoms with Gasteiger partial charge in [0.2, 0.25) is 12.1 Å². The average Bonchev–Trinajstić information content (AvgIpc) is 2.74. The number of phenolic OH excluding ortho intramolecular Hbond substituents is 3. The molecule has 4 rings (SSSR count). The average molecular weight is 450 g/mol. The van der Waals surface area contributed by atoms with Crippen molar-refractivity contribution in [1.29, 1.82) is 0 Å². The number of phenols is 3. The van der Waals surface area contributed by atoms with Crippen LogP contribution in [0, 0.1) is 0 Å². The molecule has 11 nitrogen and oxygen atoms in total. The molecule has 0 bridgehead atoms. The van der Waals surface area contributed by atoms with Crippen molar-refractivity contribution >= 4 is 5.78 Å². The van der Waals surface area contributed by atoms with Crippen LogP contribution >= 0.6 is 0 Å². The second-order valence-corrected chi connectivity index (χ2v) is 7.71. The van der Waals surface area contributed by atoms with E-state index in [1.165, 1.54) is 25.1 Å². The summed E-state index contributed by atoms with van der Waals surface area (Å²) in [4.78, 5) is 12.7. The lowest BCUT2D eigenvalue weighted by Crippen LogP contribution is -2.58. The summed E-state index contributed by atoms with van der Waals surface area (Å²) in [6.45, 7) is 1.47. The molecule has 2 aliphatic rings. The van der Waals surface area contributed by atoms with Crippen molar-refractivity contribution in [3.8, 4) is 28.7 Å². The Balaban J connectivity index is 1.64. The second kappa shape index (κ2) is 8.11. The SMILES string of the molecule is C[C@H]1O[C@H](Oc2cc(O)c3c(c2)O[C@@H](c2ccc(O)c(O)c2)[C@H](O)C3=O)[C@H](O)[C@H](O)[C@H]1O. The summed E-state index contributed by atoms with van der Waals surface area (Å²) in [6.07, 6.45) is -9.67. The molecule has 0 radical (unpaired) electrons. The minimum Gasteiger partial charge on any atom is -0.507 e. The maximum Gasteiger partial charge on any atom is 0.229 e. The highest BCUT2D eigenvalue weighted by atomic mass is 16.7. The number of hydrogen-bond acceptors (Lipinski definition) is 11. The Labute approximate surface area is 181 Å². The van der Waals surface area contributed by atoms with Crippen molar-refractivity contribution in [2.24, 2.45) is 0 Å². The maximum absolute atomic E-state index is 12.7. The van der Waals surface area contributed by atoms with Gasteiger partial charge in [0.15, 0.2) is 23.7 Å². The van der Waals surface area contributed by atoms with Gasteiger partial charge in [0.05, 0.1) is 6.10 Å². The number of carbonyl (C=O) groups excluding carboxylic acids is 1. The lowest BCUT2D eigenvalue weighted by Gasteiger charge is -2.39. The number of fused-ring (bicyclic) bond motifs is 1. The second-order valence-electron chi connectivity index (χ2n) is 7.71. The highest BCUT2D eigenvalue weighted by Crippen LogP contribution is 2.43. The molecule has 7 atom stereocenters. The topological polar surface area (TPSA) is 186 Å². The zero-order valence-electron chi connectivity index (χ0n) is 16.7. The molecular weight excluding hydrogens is 428 g/mol. The Bertz CT molecular complexity index is 1040. The zero-order chi connectivity index (χ0) is 23.3. The first kappa shape index (κ1) is 22.1. The fourth-order valence-corrected chi connectivity index (χ4v) is 3.68. The smallest absolute Gasteiger partial charge is 0.229 e. The summed E-state index contributed by atoms with van der Waals surface area (Å²) in [5.41, 5.74) is -0.104. The first-order valence-corrected chi connectivity index (χ1v) is 9.72. The summed E-state index contributed by atoms with van der Waals surface area (Å²) in [5.74, 6) is -2.51. The quantitative estimate of drug-likeness (QED) is 0.304. The number of carbonyl (C=O) groups is 1. The number of aliphatic hydroxyl groups is 4. The number of rotatable bonds is 3. The van der Waals surface area contributed by atoms with Crippen LogP contribution in [-0.4, -0.2) is 78.3 Å². The van der Waals surface area contributed by atoms with Gasteiger partial charge in [-0.15, -0.1) is 0 Å². The van der Waals surface area contributed by atoms with Gasteiger partial charge in [0.25, 0.3) is 0 Å². The standard InChI is InChI=1S/C21H22O11/c1-7-15(25)17(27)19(29)21(30-7)31-9-5-12(24)14-13(6-9)32-20(18(28)16(14)26)8-2-3-10(22)11(23)4-8/h2-7,15,17-25,27-29H,1H3/t7-,15+,17-,18-,19-,20+,21-/m1/s1. The molecular formula is C21H22O11. The number of hydrogen-bond donors (Lipinski definition) is 7. The molecule has 0 unspecified atom stereocenters. The third-order valence-electron chi connectivity index (χ3n) is 5.50. The van der Waals surface area contributed by atoms with Gasteiger partial charge < -0.3 is 50.0 Å². The summed E-state index contributed by atoms with van der Waals surface area (Å²) in [5, 5.41) is 69.8. The van der Waals surface area contributed by atoms with Crippen LogP contribution in [0.3, 0.4) is 0 Å². The Kier molecular flexibility index (Phi) is 5.61. The van der Waals surface area contributed by atoms with Crippen molar-refractivity contribution in [1.82, 2.24) is 0 Å². The molecule has 7 N–H and O–H groups in total. The highest BCUT2D eigenvalue weighted by Gasteiger charge is 2.44. The monoisotopic (exact) mass is 450 g/mol. The minimum atomic E-state index is -1.70. The number of aromatic hydroxyl groups is 3. The van der Waals surface area contributed by atoms with E-state index < -0.39 is 65.9 Å². The van der Waals surface area contributed by atoms with Crippen LogP contribution in [0.4, 0.5) is 0 Å². The molecule has 2 aromatic carbocycles. The number of Topliss-reactive ketones (excluding diaryl/α,β-unsaturated/α-hetero) is 1. The summed E-state index contributed by atoms with van der Waals surface area (Å²) in [7, 11) is 0. The molecule has 0 aromatic heterocycles. The van der Waals surface area contributed by atoms with Crippen LogP contribution in [0.25, 0.3) is 0 Å². The van der Waals surface area contributed by atoms with Crippen LogP contribution in [0.1, 0.15) is 28.9 Å². The van der Waals surface area contributed by atoms with E-state index in [4.69, 9.17) is 14.2 Å². The Morgan fingerprint density at radius 1 is 0.875 bits per heavy atom.